The number of alkyl halides is 3. The van der Waals surface area contributed by atoms with Crippen LogP contribution in [0, 0.1) is 18.6 Å². The highest BCUT2D eigenvalue weighted by atomic mass is 19.4. The number of nitrogens with zero attached hydrogens (tertiary/aromatic N) is 3. The van der Waals surface area contributed by atoms with Crippen molar-refractivity contribution in [2.45, 2.75) is 38.0 Å². The summed E-state index contributed by atoms with van der Waals surface area (Å²) in [6, 6.07) is 5.90. The molecule has 32 heavy (non-hydrogen) atoms. The topological polar surface area (TPSA) is 67.6 Å². The number of methoxy groups -OCH3 is 1. The Balaban J connectivity index is 2.02. The first-order chi connectivity index (χ1) is 14.9. The number of benzene rings is 2. The number of aryl methyl sites for hydroxylation is 1. The summed E-state index contributed by atoms with van der Waals surface area (Å²) in [4.78, 5) is 11.8. The van der Waals surface area contributed by atoms with Crippen LogP contribution in [0.3, 0.4) is 0 Å². The van der Waals surface area contributed by atoms with Crippen LogP contribution in [0.1, 0.15) is 30.7 Å². The molecule has 1 N–H and O–H groups in total. The van der Waals surface area contributed by atoms with Crippen LogP contribution in [-0.4, -0.2) is 40.2 Å². The number of halogens is 5. The maximum Gasteiger partial charge on any atom is 0.422 e. The molecular formula is C22H20F5N3O2. The van der Waals surface area contributed by atoms with Gasteiger partial charge in [-0.25, -0.2) is 18.7 Å². The first-order valence-corrected chi connectivity index (χ1v) is 9.55. The second-order valence-corrected chi connectivity index (χ2v) is 7.42. The number of para-hydroxylation sites is 1. The third-order valence-corrected chi connectivity index (χ3v) is 5.02. The molecule has 0 bridgehead atoms. The third-order valence-electron chi connectivity index (χ3n) is 5.02. The number of aliphatic imine (C=N–C) groups is 1. The van der Waals surface area contributed by atoms with Gasteiger partial charge in [-0.05, 0) is 25.3 Å². The molecule has 2 atom stereocenters. The lowest BCUT2D eigenvalue weighted by Crippen LogP contribution is -2.47. The van der Waals surface area contributed by atoms with E-state index >= 15 is 0 Å². The molecule has 5 nitrogen and oxygen atoms in total. The molecule has 3 aromatic rings. The maximum atomic E-state index is 14.0. The summed E-state index contributed by atoms with van der Waals surface area (Å²) in [5.41, 5.74) is -3.23. The van der Waals surface area contributed by atoms with Gasteiger partial charge in [-0.3, -0.25) is 4.99 Å². The van der Waals surface area contributed by atoms with E-state index in [1.54, 1.807) is 6.92 Å². The molecule has 0 radical (unpaired) electrons. The Bertz CT molecular complexity index is 1160. The van der Waals surface area contributed by atoms with E-state index in [1.807, 2.05) is 0 Å². The number of aromatic nitrogens is 2. The van der Waals surface area contributed by atoms with Crippen molar-refractivity contribution in [1.29, 1.82) is 0 Å². The molecule has 2 aromatic carbocycles. The van der Waals surface area contributed by atoms with Gasteiger partial charge in [0.15, 0.2) is 17.2 Å². The van der Waals surface area contributed by atoms with E-state index in [4.69, 9.17) is 4.74 Å². The first kappa shape index (κ1) is 23.5. The van der Waals surface area contributed by atoms with Crippen LogP contribution in [0.15, 0.2) is 41.5 Å². The van der Waals surface area contributed by atoms with E-state index in [-0.39, 0.29) is 27.9 Å². The van der Waals surface area contributed by atoms with Crippen molar-refractivity contribution in [2.24, 2.45) is 4.99 Å². The highest BCUT2D eigenvalue weighted by molar-refractivity contribution is 5.91. The Hall–Kier alpha value is -3.14. The van der Waals surface area contributed by atoms with Gasteiger partial charge < -0.3 is 9.84 Å². The number of hydrogen-bond acceptors (Lipinski definition) is 5. The largest absolute Gasteiger partial charge is 0.493 e. The average molecular weight is 453 g/mol. The van der Waals surface area contributed by atoms with Gasteiger partial charge in [-0.2, -0.15) is 13.2 Å². The molecule has 10 heteroatoms. The molecule has 0 spiro atoms. The lowest BCUT2D eigenvalue weighted by atomic mass is 9.86. The summed E-state index contributed by atoms with van der Waals surface area (Å²) < 4.78 is 74.5. The fourth-order valence-electron chi connectivity index (χ4n) is 3.41. The van der Waals surface area contributed by atoms with Gasteiger partial charge in [0.2, 0.25) is 0 Å². The molecule has 0 aliphatic carbocycles. The number of rotatable bonds is 6. The minimum Gasteiger partial charge on any atom is -0.493 e. The van der Waals surface area contributed by atoms with Crippen LogP contribution >= 0.6 is 0 Å². The van der Waals surface area contributed by atoms with Gasteiger partial charge in [0, 0.05) is 35.5 Å². The fraction of sp³-hybridized carbons (Fsp3) is 0.318. The normalized spacial score (nSPS) is 15.2. The lowest BCUT2D eigenvalue weighted by molar-refractivity contribution is -0.231. The molecule has 0 saturated carbocycles. The molecule has 0 fully saturated rings. The number of hydrogen-bond donors (Lipinski definition) is 1. The van der Waals surface area contributed by atoms with Gasteiger partial charge in [0.1, 0.15) is 11.6 Å². The van der Waals surface area contributed by atoms with Crippen LogP contribution in [0.25, 0.3) is 10.9 Å². The van der Waals surface area contributed by atoms with Crippen LogP contribution in [0.2, 0.25) is 0 Å². The van der Waals surface area contributed by atoms with Crippen molar-refractivity contribution in [3.05, 3.63) is 59.6 Å². The second-order valence-electron chi connectivity index (χ2n) is 7.42. The Morgan fingerprint density at radius 3 is 2.59 bits per heavy atom. The van der Waals surface area contributed by atoms with Gasteiger partial charge >= 0.3 is 6.18 Å². The number of aliphatic hydroxyl groups is 1. The van der Waals surface area contributed by atoms with E-state index in [0.717, 1.165) is 18.2 Å². The van der Waals surface area contributed by atoms with Crippen LogP contribution in [-0.2, 0) is 0 Å². The molecular weight excluding hydrogens is 433 g/mol. The van der Waals surface area contributed by atoms with Gasteiger partial charge in [-0.15, -0.1) is 0 Å². The van der Waals surface area contributed by atoms with Crippen molar-refractivity contribution < 1.29 is 31.8 Å². The van der Waals surface area contributed by atoms with Crippen molar-refractivity contribution in [1.82, 2.24) is 9.97 Å². The summed E-state index contributed by atoms with van der Waals surface area (Å²) in [6.07, 6.45) is -4.34. The summed E-state index contributed by atoms with van der Waals surface area (Å²) in [6.45, 7) is 2.98. The third kappa shape index (κ3) is 4.69. The fourth-order valence-corrected chi connectivity index (χ4v) is 3.41. The molecule has 0 amide bonds. The molecule has 0 aliphatic heterocycles. The molecule has 3 rings (SSSR count). The maximum absolute atomic E-state index is 14.0. The smallest absolute Gasteiger partial charge is 0.422 e. The first-order valence-electron chi connectivity index (χ1n) is 9.55. The zero-order valence-electron chi connectivity index (χ0n) is 17.4. The van der Waals surface area contributed by atoms with Crippen LogP contribution in [0.4, 0.5) is 27.6 Å². The van der Waals surface area contributed by atoms with E-state index in [2.05, 4.69) is 15.0 Å². The van der Waals surface area contributed by atoms with Crippen LogP contribution in [0.5, 0.6) is 5.75 Å². The van der Waals surface area contributed by atoms with Gasteiger partial charge in [0.05, 0.1) is 18.3 Å². The molecule has 1 aromatic heterocycles. The molecule has 0 saturated heterocycles. The lowest BCUT2D eigenvalue weighted by Gasteiger charge is -2.30. The van der Waals surface area contributed by atoms with E-state index in [0.29, 0.717) is 12.0 Å². The SMILES string of the molecule is COc1c(F)cccc1[C@H](C)C[C@@](O)(C=Nc1cc(F)cc2nc(C)ncc12)C(F)(F)F. The van der Waals surface area contributed by atoms with E-state index in [1.165, 1.54) is 32.4 Å². The summed E-state index contributed by atoms with van der Waals surface area (Å²) >= 11 is 0. The zero-order valence-corrected chi connectivity index (χ0v) is 17.4. The van der Waals surface area contributed by atoms with Crippen molar-refractivity contribution >= 4 is 22.8 Å². The standard InChI is InChI=1S/C22H20F5N3O2/c1-12(15-5-4-6-17(24)20(15)32-3)9-21(31,22(25,26)27)11-29-18-7-14(23)8-19-16(18)10-28-13(2)30-19/h4-8,10-12,31H,9H2,1-3H3/t12-,21-/m1/s1. The van der Waals surface area contributed by atoms with Crippen molar-refractivity contribution in [3.63, 3.8) is 0 Å². The zero-order chi connectivity index (χ0) is 23.7. The van der Waals surface area contributed by atoms with E-state index < -0.39 is 35.8 Å². The Labute approximate surface area is 180 Å². The summed E-state index contributed by atoms with van der Waals surface area (Å²) in [5.74, 6) is -2.31. The predicted octanol–water partition coefficient (Wildman–Crippen LogP) is 5.41. The Morgan fingerprint density at radius 2 is 1.94 bits per heavy atom. The summed E-state index contributed by atoms with van der Waals surface area (Å²) in [5, 5.41) is 10.7. The monoisotopic (exact) mass is 453 g/mol. The minimum absolute atomic E-state index is 0.156. The minimum atomic E-state index is -5.11. The molecule has 1 heterocycles. The van der Waals surface area contributed by atoms with Crippen molar-refractivity contribution in [2.75, 3.05) is 7.11 Å². The number of ether oxygens (including phenoxy) is 1. The molecule has 170 valence electrons. The second kappa shape index (κ2) is 8.78. The highest BCUT2D eigenvalue weighted by Gasteiger charge is 2.53. The molecule has 0 unspecified atom stereocenters. The van der Waals surface area contributed by atoms with Gasteiger partial charge in [0.25, 0.3) is 0 Å². The Morgan fingerprint density at radius 1 is 1.22 bits per heavy atom. The van der Waals surface area contributed by atoms with Crippen LogP contribution < -0.4 is 4.74 Å². The quantitative estimate of drug-likeness (QED) is 0.400. The summed E-state index contributed by atoms with van der Waals surface area (Å²) in [7, 11) is 1.20. The average Bonchev–Trinajstić information content (AvgIpc) is 2.70. The molecule has 0 aliphatic rings. The van der Waals surface area contributed by atoms with Gasteiger partial charge in [-0.1, -0.05) is 19.1 Å². The van der Waals surface area contributed by atoms with E-state index in [9.17, 15) is 27.1 Å². The highest BCUT2D eigenvalue weighted by Crippen LogP contribution is 2.40. The number of fused-ring (bicyclic) bond motifs is 1. The predicted molar refractivity (Wildman–Crippen MR) is 109 cm³/mol. The Kier molecular flexibility index (Phi) is 6.45. The van der Waals surface area contributed by atoms with Crippen molar-refractivity contribution in [3.8, 4) is 5.75 Å².